The van der Waals surface area contributed by atoms with Crippen molar-refractivity contribution in [2.45, 2.75) is 19.5 Å². The number of rotatable bonds is 4. The van der Waals surface area contributed by atoms with Gasteiger partial charge in [0.15, 0.2) is 11.6 Å². The number of hydrogen-bond donors (Lipinski definition) is 1. The number of carbonyl (C=O) groups excluding carboxylic acids is 1. The molecule has 0 spiro atoms. The number of alkyl halides is 3. The first-order chi connectivity index (χ1) is 8.76. The monoisotopic (exact) mass is 279 g/mol. The van der Waals surface area contributed by atoms with E-state index < -0.39 is 35.8 Å². The van der Waals surface area contributed by atoms with Gasteiger partial charge in [0.05, 0.1) is 5.56 Å². The SMILES string of the molecule is CCCN(CC(F)(F)F)C(=O)c1ccnc(N)c1F. The van der Waals surface area contributed by atoms with Gasteiger partial charge >= 0.3 is 6.18 Å². The van der Waals surface area contributed by atoms with Crippen LogP contribution < -0.4 is 5.73 Å². The Labute approximate surface area is 107 Å². The summed E-state index contributed by atoms with van der Waals surface area (Å²) in [5.41, 5.74) is 4.67. The number of pyridine rings is 1. The van der Waals surface area contributed by atoms with Crippen LogP contribution in [0.3, 0.4) is 0 Å². The Balaban J connectivity index is 3.02. The molecule has 1 aromatic rings. The molecule has 19 heavy (non-hydrogen) atoms. The number of nitrogens with two attached hydrogens (primary N) is 1. The minimum Gasteiger partial charge on any atom is -0.381 e. The third-order valence-corrected chi connectivity index (χ3v) is 2.30. The van der Waals surface area contributed by atoms with Crippen molar-refractivity contribution in [3.8, 4) is 0 Å². The van der Waals surface area contributed by atoms with Crippen molar-refractivity contribution in [3.05, 3.63) is 23.6 Å². The lowest BCUT2D eigenvalue weighted by molar-refractivity contribution is -0.140. The Kier molecular flexibility index (Phi) is 4.68. The molecule has 0 fully saturated rings. The molecule has 1 rings (SSSR count). The molecule has 2 N–H and O–H groups in total. The molecule has 0 saturated carbocycles. The highest BCUT2D eigenvalue weighted by Gasteiger charge is 2.33. The van der Waals surface area contributed by atoms with Crippen molar-refractivity contribution < 1.29 is 22.4 Å². The second kappa shape index (κ2) is 5.85. The summed E-state index contributed by atoms with van der Waals surface area (Å²) in [6.45, 7) is 0.0648. The van der Waals surface area contributed by atoms with E-state index >= 15 is 0 Å². The molecule has 1 heterocycles. The van der Waals surface area contributed by atoms with Crippen LogP contribution in [0.5, 0.6) is 0 Å². The van der Waals surface area contributed by atoms with Crippen LogP contribution in [0.1, 0.15) is 23.7 Å². The van der Waals surface area contributed by atoms with Crippen LogP contribution in [0.25, 0.3) is 0 Å². The number of carbonyl (C=O) groups is 1. The minimum absolute atomic E-state index is 0.125. The van der Waals surface area contributed by atoms with Crippen molar-refractivity contribution >= 4 is 11.7 Å². The summed E-state index contributed by atoms with van der Waals surface area (Å²) in [5.74, 6) is -2.67. The van der Waals surface area contributed by atoms with Gasteiger partial charge in [-0.3, -0.25) is 4.79 Å². The highest BCUT2D eigenvalue weighted by atomic mass is 19.4. The molecule has 0 unspecified atom stereocenters. The molecule has 1 amide bonds. The first-order valence-electron chi connectivity index (χ1n) is 5.52. The van der Waals surface area contributed by atoms with Crippen LogP contribution >= 0.6 is 0 Å². The average molecular weight is 279 g/mol. The van der Waals surface area contributed by atoms with Gasteiger partial charge < -0.3 is 10.6 Å². The van der Waals surface area contributed by atoms with Crippen molar-refractivity contribution in [3.63, 3.8) is 0 Å². The molecule has 8 heteroatoms. The summed E-state index contributed by atoms with van der Waals surface area (Å²) < 4.78 is 50.7. The van der Waals surface area contributed by atoms with Crippen LogP contribution in [0.15, 0.2) is 12.3 Å². The molecule has 0 aromatic carbocycles. The Hall–Kier alpha value is -1.86. The summed E-state index contributed by atoms with van der Waals surface area (Å²) in [5, 5.41) is 0. The first-order valence-corrected chi connectivity index (χ1v) is 5.52. The topological polar surface area (TPSA) is 59.2 Å². The number of halogens is 4. The normalized spacial score (nSPS) is 11.4. The zero-order valence-electron chi connectivity index (χ0n) is 10.2. The molecule has 0 aliphatic carbocycles. The number of amides is 1. The molecule has 106 valence electrons. The van der Waals surface area contributed by atoms with Crippen LogP contribution in [-0.4, -0.2) is 35.1 Å². The maximum absolute atomic E-state index is 13.6. The van der Waals surface area contributed by atoms with E-state index in [-0.39, 0.29) is 6.54 Å². The van der Waals surface area contributed by atoms with E-state index in [0.29, 0.717) is 11.3 Å². The summed E-state index contributed by atoms with van der Waals surface area (Å²) >= 11 is 0. The second-order valence-corrected chi connectivity index (χ2v) is 3.90. The minimum atomic E-state index is -4.54. The maximum atomic E-state index is 13.6. The van der Waals surface area contributed by atoms with Crippen molar-refractivity contribution in [1.29, 1.82) is 0 Å². The number of anilines is 1. The zero-order valence-corrected chi connectivity index (χ0v) is 10.2. The van der Waals surface area contributed by atoms with E-state index in [9.17, 15) is 22.4 Å². The van der Waals surface area contributed by atoms with Crippen LogP contribution in [-0.2, 0) is 0 Å². The predicted octanol–water partition coefficient (Wildman–Crippen LogP) is 2.22. The smallest absolute Gasteiger partial charge is 0.381 e. The lowest BCUT2D eigenvalue weighted by atomic mass is 10.2. The Morgan fingerprint density at radius 3 is 2.63 bits per heavy atom. The fourth-order valence-electron chi connectivity index (χ4n) is 1.53. The molecule has 0 aliphatic rings. The van der Waals surface area contributed by atoms with E-state index in [1.807, 2.05) is 0 Å². The molecular weight excluding hydrogens is 266 g/mol. The van der Waals surface area contributed by atoms with Crippen molar-refractivity contribution in [2.75, 3.05) is 18.8 Å². The van der Waals surface area contributed by atoms with Gasteiger partial charge in [-0.1, -0.05) is 6.92 Å². The summed E-state index contributed by atoms with van der Waals surface area (Å²) in [4.78, 5) is 15.8. The predicted molar refractivity (Wildman–Crippen MR) is 60.9 cm³/mol. The van der Waals surface area contributed by atoms with Crippen molar-refractivity contribution in [1.82, 2.24) is 9.88 Å². The van der Waals surface area contributed by atoms with E-state index in [0.717, 1.165) is 12.3 Å². The quantitative estimate of drug-likeness (QED) is 0.860. The number of hydrogen-bond acceptors (Lipinski definition) is 3. The van der Waals surface area contributed by atoms with E-state index in [2.05, 4.69) is 4.98 Å². The molecule has 0 radical (unpaired) electrons. The fraction of sp³-hybridized carbons (Fsp3) is 0.455. The lowest BCUT2D eigenvalue weighted by Crippen LogP contribution is -2.39. The Morgan fingerprint density at radius 2 is 2.11 bits per heavy atom. The van der Waals surface area contributed by atoms with Gasteiger partial charge in [-0.25, -0.2) is 9.37 Å². The molecule has 0 atom stereocenters. The van der Waals surface area contributed by atoms with Gasteiger partial charge in [0, 0.05) is 12.7 Å². The van der Waals surface area contributed by atoms with Gasteiger partial charge in [0.25, 0.3) is 5.91 Å². The largest absolute Gasteiger partial charge is 0.406 e. The standard InChI is InChI=1S/C11H13F4N3O/c1-2-5-18(6-11(13,14)15)10(19)7-3-4-17-9(16)8(7)12/h3-4H,2,5-6H2,1H3,(H2,16,17). The fourth-order valence-corrected chi connectivity index (χ4v) is 1.53. The van der Waals surface area contributed by atoms with Gasteiger partial charge in [-0.2, -0.15) is 13.2 Å². The maximum Gasteiger partial charge on any atom is 0.406 e. The molecule has 1 aromatic heterocycles. The molecule has 0 bridgehead atoms. The van der Waals surface area contributed by atoms with E-state index in [4.69, 9.17) is 5.73 Å². The Morgan fingerprint density at radius 1 is 1.47 bits per heavy atom. The average Bonchev–Trinajstić information content (AvgIpc) is 2.30. The van der Waals surface area contributed by atoms with E-state index in [1.54, 1.807) is 6.92 Å². The van der Waals surface area contributed by atoms with Crippen LogP contribution in [0.2, 0.25) is 0 Å². The molecule has 0 aliphatic heterocycles. The van der Waals surface area contributed by atoms with Crippen LogP contribution in [0.4, 0.5) is 23.4 Å². The third-order valence-electron chi connectivity index (χ3n) is 2.30. The summed E-state index contributed by atoms with van der Waals surface area (Å²) in [6, 6.07) is 1.01. The summed E-state index contributed by atoms with van der Waals surface area (Å²) in [7, 11) is 0. The van der Waals surface area contributed by atoms with Crippen LogP contribution in [0, 0.1) is 5.82 Å². The molecule has 0 saturated heterocycles. The first kappa shape index (κ1) is 15.2. The number of nitrogen functional groups attached to an aromatic ring is 1. The van der Waals surface area contributed by atoms with Gasteiger partial charge in [-0.05, 0) is 12.5 Å². The number of aromatic nitrogens is 1. The van der Waals surface area contributed by atoms with Gasteiger partial charge in [-0.15, -0.1) is 0 Å². The zero-order chi connectivity index (χ0) is 14.6. The second-order valence-electron chi connectivity index (χ2n) is 3.90. The highest BCUT2D eigenvalue weighted by molar-refractivity contribution is 5.95. The molecular formula is C11H13F4N3O. The number of nitrogens with zero attached hydrogens (tertiary/aromatic N) is 2. The van der Waals surface area contributed by atoms with Gasteiger partial charge in [0.1, 0.15) is 6.54 Å². The van der Waals surface area contributed by atoms with Gasteiger partial charge in [0.2, 0.25) is 0 Å². The summed E-state index contributed by atoms with van der Waals surface area (Å²) in [6.07, 6.45) is -3.15. The Bertz CT molecular complexity index is 462. The van der Waals surface area contributed by atoms with Crippen molar-refractivity contribution in [2.24, 2.45) is 0 Å². The lowest BCUT2D eigenvalue weighted by Gasteiger charge is -2.23. The molecule has 4 nitrogen and oxygen atoms in total. The highest BCUT2D eigenvalue weighted by Crippen LogP contribution is 2.20. The third kappa shape index (κ3) is 4.08. The van der Waals surface area contributed by atoms with E-state index in [1.165, 1.54) is 0 Å².